The molecule has 2 fully saturated rings. The first-order valence-corrected chi connectivity index (χ1v) is 4.95. The molecule has 2 aliphatic rings. The molecule has 2 heteroatoms. The lowest BCUT2D eigenvalue weighted by molar-refractivity contribution is -0.136. The fourth-order valence-electron chi connectivity index (χ4n) is 2.71. The molecule has 0 aromatic rings. The third-order valence-corrected chi connectivity index (χ3v) is 3.45. The second-order valence-electron chi connectivity index (χ2n) is 4.30. The molecule has 1 N–H and O–H groups in total. The Bertz CT molecular complexity index is 200. The fraction of sp³-hybridized carbons (Fsp3) is 0.900. The van der Waals surface area contributed by atoms with Crippen molar-refractivity contribution < 1.29 is 9.90 Å². The predicted octanol–water partition coefficient (Wildman–Crippen LogP) is 1.66. The number of hydrogen-bond donors (Lipinski definition) is 1. The van der Waals surface area contributed by atoms with Gasteiger partial charge >= 0.3 is 0 Å². The number of carbonyl (C=O) groups excluding carboxylic acids is 1. The molecule has 2 saturated carbocycles. The molecule has 68 valence electrons. The highest BCUT2D eigenvalue weighted by Crippen LogP contribution is 2.42. The Morgan fingerprint density at radius 2 is 2.17 bits per heavy atom. The summed E-state index contributed by atoms with van der Waals surface area (Å²) in [5.41, 5.74) is -0.604. The molecular weight excluding hydrogens is 152 g/mol. The lowest BCUT2D eigenvalue weighted by atomic mass is 9.67. The van der Waals surface area contributed by atoms with Gasteiger partial charge in [-0.05, 0) is 25.2 Å². The van der Waals surface area contributed by atoms with Gasteiger partial charge in [-0.3, -0.25) is 4.79 Å². The van der Waals surface area contributed by atoms with Gasteiger partial charge in [0.25, 0.3) is 0 Å². The molecule has 2 rings (SSSR count). The summed E-state index contributed by atoms with van der Waals surface area (Å²) >= 11 is 0. The first-order chi connectivity index (χ1) is 5.71. The summed E-state index contributed by atoms with van der Waals surface area (Å²) in [6.07, 6.45) is 6.37. The molecule has 0 aromatic carbocycles. The highest BCUT2D eigenvalue weighted by Gasteiger charge is 2.43. The minimum atomic E-state index is -0.604. The van der Waals surface area contributed by atoms with Crippen molar-refractivity contribution in [3.05, 3.63) is 0 Å². The minimum absolute atomic E-state index is 0.260. The number of fused-ring (bicyclic) bond motifs is 1. The number of aliphatic hydroxyl groups is 1. The standard InChI is InChI=1S/C10H16O2/c11-9-5-4-8-3-1-2-6-10(8,12)7-9/h8,12H,1-7H2. The van der Waals surface area contributed by atoms with Gasteiger partial charge in [0.05, 0.1) is 5.60 Å². The molecule has 0 amide bonds. The van der Waals surface area contributed by atoms with Gasteiger partial charge in [0, 0.05) is 12.8 Å². The van der Waals surface area contributed by atoms with Crippen molar-refractivity contribution in [2.24, 2.45) is 5.92 Å². The molecule has 12 heavy (non-hydrogen) atoms. The van der Waals surface area contributed by atoms with E-state index in [1.54, 1.807) is 0 Å². The third kappa shape index (κ3) is 1.28. The minimum Gasteiger partial charge on any atom is -0.389 e. The number of Topliss-reactive ketones (excluding diaryl/α,β-unsaturated/α-hetero) is 1. The summed E-state index contributed by atoms with van der Waals surface area (Å²) in [6, 6.07) is 0. The van der Waals surface area contributed by atoms with Crippen LogP contribution in [0.25, 0.3) is 0 Å². The number of rotatable bonds is 0. The van der Waals surface area contributed by atoms with E-state index < -0.39 is 5.60 Å². The van der Waals surface area contributed by atoms with E-state index in [2.05, 4.69) is 0 Å². The second kappa shape index (κ2) is 2.84. The number of carbonyl (C=O) groups is 1. The van der Waals surface area contributed by atoms with Crippen molar-refractivity contribution in [3.8, 4) is 0 Å². The molecule has 0 aliphatic heterocycles. The van der Waals surface area contributed by atoms with Gasteiger partial charge in [-0.1, -0.05) is 12.8 Å². The van der Waals surface area contributed by atoms with Crippen molar-refractivity contribution in [1.82, 2.24) is 0 Å². The van der Waals surface area contributed by atoms with Crippen LogP contribution in [0.4, 0.5) is 0 Å². The van der Waals surface area contributed by atoms with Crippen LogP contribution in [0.15, 0.2) is 0 Å². The van der Waals surface area contributed by atoms with E-state index in [1.165, 1.54) is 6.42 Å². The van der Waals surface area contributed by atoms with Gasteiger partial charge in [-0.25, -0.2) is 0 Å². The topological polar surface area (TPSA) is 37.3 Å². The first-order valence-electron chi connectivity index (χ1n) is 4.95. The van der Waals surface area contributed by atoms with Gasteiger partial charge in [-0.2, -0.15) is 0 Å². The zero-order valence-corrected chi connectivity index (χ0v) is 7.38. The van der Waals surface area contributed by atoms with Crippen LogP contribution in [-0.4, -0.2) is 16.5 Å². The monoisotopic (exact) mass is 168 g/mol. The Kier molecular flexibility index (Phi) is 1.95. The normalized spacial score (nSPS) is 42.4. The maximum absolute atomic E-state index is 11.2. The van der Waals surface area contributed by atoms with Crippen molar-refractivity contribution in [2.45, 2.75) is 50.5 Å². The highest BCUT2D eigenvalue weighted by molar-refractivity contribution is 5.80. The molecule has 0 saturated heterocycles. The van der Waals surface area contributed by atoms with Crippen LogP contribution in [0.1, 0.15) is 44.9 Å². The molecule has 0 aromatic heterocycles. The fourth-order valence-corrected chi connectivity index (χ4v) is 2.71. The maximum atomic E-state index is 11.2. The summed E-state index contributed by atoms with van der Waals surface area (Å²) in [5.74, 6) is 0.680. The summed E-state index contributed by atoms with van der Waals surface area (Å²) in [5, 5.41) is 10.1. The molecule has 0 radical (unpaired) electrons. The average molecular weight is 168 g/mol. The quantitative estimate of drug-likeness (QED) is 0.597. The molecule has 0 heterocycles. The second-order valence-corrected chi connectivity index (χ2v) is 4.30. The van der Waals surface area contributed by atoms with E-state index in [-0.39, 0.29) is 5.78 Å². The van der Waals surface area contributed by atoms with Crippen LogP contribution >= 0.6 is 0 Å². The first kappa shape index (κ1) is 8.24. The Morgan fingerprint density at radius 3 is 3.00 bits per heavy atom. The van der Waals surface area contributed by atoms with Gasteiger partial charge in [-0.15, -0.1) is 0 Å². The third-order valence-electron chi connectivity index (χ3n) is 3.45. The van der Waals surface area contributed by atoms with E-state index in [1.807, 2.05) is 0 Å². The van der Waals surface area contributed by atoms with Crippen molar-refractivity contribution >= 4 is 5.78 Å². The SMILES string of the molecule is O=C1CCC2CCCCC2(O)C1. The van der Waals surface area contributed by atoms with Crippen molar-refractivity contribution in [3.63, 3.8) is 0 Å². The Balaban J connectivity index is 2.12. The van der Waals surface area contributed by atoms with Gasteiger partial charge in [0.1, 0.15) is 5.78 Å². The van der Waals surface area contributed by atoms with Gasteiger partial charge in [0.2, 0.25) is 0 Å². The van der Waals surface area contributed by atoms with Gasteiger partial charge in [0.15, 0.2) is 0 Å². The largest absolute Gasteiger partial charge is 0.389 e. The van der Waals surface area contributed by atoms with Crippen LogP contribution in [0, 0.1) is 5.92 Å². The van der Waals surface area contributed by atoms with Crippen LogP contribution < -0.4 is 0 Å². The van der Waals surface area contributed by atoms with Crippen molar-refractivity contribution in [2.75, 3.05) is 0 Å². The van der Waals surface area contributed by atoms with Crippen molar-refractivity contribution in [1.29, 1.82) is 0 Å². The zero-order valence-electron chi connectivity index (χ0n) is 7.38. The summed E-state index contributed by atoms with van der Waals surface area (Å²) in [7, 11) is 0. The molecule has 2 atom stereocenters. The molecular formula is C10H16O2. The number of hydrogen-bond acceptors (Lipinski definition) is 2. The highest BCUT2D eigenvalue weighted by atomic mass is 16.3. The molecule has 0 spiro atoms. The van der Waals surface area contributed by atoms with E-state index in [4.69, 9.17) is 0 Å². The average Bonchev–Trinajstić information content (AvgIpc) is 2.02. The number of ketones is 1. The molecule has 2 nitrogen and oxygen atoms in total. The lowest BCUT2D eigenvalue weighted by Gasteiger charge is -2.42. The maximum Gasteiger partial charge on any atom is 0.135 e. The Hall–Kier alpha value is -0.370. The van der Waals surface area contributed by atoms with Crippen LogP contribution in [0.3, 0.4) is 0 Å². The lowest BCUT2D eigenvalue weighted by Crippen LogP contribution is -2.45. The zero-order chi connectivity index (χ0) is 8.60. The van der Waals surface area contributed by atoms with Gasteiger partial charge < -0.3 is 5.11 Å². The summed E-state index contributed by atoms with van der Waals surface area (Å²) < 4.78 is 0. The van der Waals surface area contributed by atoms with E-state index in [9.17, 15) is 9.90 Å². The van der Waals surface area contributed by atoms with Crippen LogP contribution in [0.5, 0.6) is 0 Å². The van der Waals surface area contributed by atoms with E-state index in [0.717, 1.165) is 25.7 Å². The van der Waals surface area contributed by atoms with Crippen LogP contribution in [0.2, 0.25) is 0 Å². The van der Waals surface area contributed by atoms with E-state index in [0.29, 0.717) is 18.8 Å². The molecule has 0 bridgehead atoms. The molecule has 2 unspecified atom stereocenters. The summed E-state index contributed by atoms with van der Waals surface area (Å²) in [4.78, 5) is 11.2. The molecule has 2 aliphatic carbocycles. The Labute approximate surface area is 73.0 Å². The van der Waals surface area contributed by atoms with Crippen LogP contribution in [-0.2, 0) is 4.79 Å². The Morgan fingerprint density at radius 1 is 1.33 bits per heavy atom. The van der Waals surface area contributed by atoms with E-state index >= 15 is 0 Å². The predicted molar refractivity (Wildman–Crippen MR) is 45.8 cm³/mol. The smallest absolute Gasteiger partial charge is 0.135 e. The summed E-state index contributed by atoms with van der Waals surface area (Å²) in [6.45, 7) is 0.